The molecule has 8 aromatic carbocycles. The highest BCUT2D eigenvalue weighted by molar-refractivity contribution is 6.28. The van der Waals surface area contributed by atoms with Crippen LogP contribution in [0.5, 0.6) is 0 Å². The quantitative estimate of drug-likeness (QED) is 0.187. The second-order valence-corrected chi connectivity index (χ2v) is 13.0. The normalized spacial score (nSPS) is 12.0. The van der Waals surface area contributed by atoms with Crippen molar-refractivity contribution in [2.24, 2.45) is 0 Å². The predicted octanol–water partition coefficient (Wildman–Crippen LogP) is 12.5. The van der Waals surface area contributed by atoms with Crippen molar-refractivity contribution in [3.63, 3.8) is 0 Å². The van der Waals surface area contributed by atoms with Crippen molar-refractivity contribution in [1.82, 2.24) is 0 Å². The average Bonchev–Trinajstić information content (AvgIpc) is 3.07. The van der Waals surface area contributed by atoms with Crippen molar-refractivity contribution in [1.29, 1.82) is 0 Å². The molecule has 0 aliphatic heterocycles. The fraction of sp³-hybridized carbons (Fsp3) is 0.0909. The Kier molecular flexibility index (Phi) is 6.13. The van der Waals surface area contributed by atoms with Gasteiger partial charge in [0.05, 0.1) is 0 Å². The average molecular weight is 563 g/mol. The highest BCUT2D eigenvalue weighted by Gasteiger charge is 2.20. The van der Waals surface area contributed by atoms with Crippen LogP contribution in [0, 0.1) is 0 Å². The molecule has 8 rings (SSSR count). The zero-order chi connectivity index (χ0) is 29.8. The molecule has 0 amide bonds. The van der Waals surface area contributed by atoms with Crippen LogP contribution in [0.1, 0.15) is 26.3 Å². The van der Waals surface area contributed by atoms with Gasteiger partial charge < -0.3 is 0 Å². The minimum Gasteiger partial charge on any atom is -0.0622 e. The van der Waals surface area contributed by atoms with Gasteiger partial charge in [0.15, 0.2) is 0 Å². The largest absolute Gasteiger partial charge is 0.0622 e. The van der Waals surface area contributed by atoms with Gasteiger partial charge in [0, 0.05) is 0 Å². The van der Waals surface area contributed by atoms with Crippen molar-refractivity contribution in [2.75, 3.05) is 0 Å². The Labute approximate surface area is 259 Å². The van der Waals surface area contributed by atoms with E-state index in [-0.39, 0.29) is 5.41 Å². The molecule has 0 radical (unpaired) electrons. The van der Waals surface area contributed by atoms with Crippen LogP contribution in [0.25, 0.3) is 76.8 Å². The maximum atomic E-state index is 2.42. The summed E-state index contributed by atoms with van der Waals surface area (Å²) in [6.07, 6.45) is 0. The van der Waals surface area contributed by atoms with Gasteiger partial charge >= 0.3 is 0 Å². The van der Waals surface area contributed by atoms with E-state index in [9.17, 15) is 0 Å². The third-order valence-electron chi connectivity index (χ3n) is 9.17. The molecule has 44 heavy (non-hydrogen) atoms. The monoisotopic (exact) mass is 562 g/mol. The van der Waals surface area contributed by atoms with Gasteiger partial charge in [0.25, 0.3) is 0 Å². The molecule has 0 spiro atoms. The molecule has 0 aliphatic carbocycles. The van der Waals surface area contributed by atoms with Crippen molar-refractivity contribution >= 4 is 32.3 Å². The number of hydrogen-bond donors (Lipinski definition) is 0. The van der Waals surface area contributed by atoms with Crippen molar-refractivity contribution in [3.05, 3.63) is 157 Å². The first-order valence-corrected chi connectivity index (χ1v) is 15.5. The predicted molar refractivity (Wildman–Crippen MR) is 191 cm³/mol. The molecule has 0 atom stereocenters. The Morgan fingerprint density at radius 3 is 1.41 bits per heavy atom. The molecule has 0 heteroatoms. The van der Waals surface area contributed by atoms with Crippen LogP contribution in [-0.2, 0) is 5.41 Å². The molecule has 8 aromatic rings. The molecule has 0 fully saturated rings. The lowest BCUT2D eigenvalue weighted by atomic mass is 9.81. The summed E-state index contributed by atoms with van der Waals surface area (Å²) in [5, 5.41) is 7.94. The first kappa shape index (κ1) is 26.4. The molecular weight excluding hydrogens is 528 g/mol. The van der Waals surface area contributed by atoms with Gasteiger partial charge in [-0.3, -0.25) is 0 Å². The van der Waals surface area contributed by atoms with Crippen LogP contribution in [0.15, 0.2) is 152 Å². The van der Waals surface area contributed by atoms with E-state index in [1.165, 1.54) is 82.4 Å². The smallest absolute Gasteiger partial charge is 0.00143 e. The molecule has 0 aromatic heterocycles. The van der Waals surface area contributed by atoms with Gasteiger partial charge in [-0.2, -0.15) is 0 Å². The van der Waals surface area contributed by atoms with E-state index in [0.29, 0.717) is 0 Å². The molecule has 0 nitrogen and oxygen atoms in total. The zero-order valence-corrected chi connectivity index (χ0v) is 25.4. The Hall–Kier alpha value is -5.20. The lowest BCUT2D eigenvalue weighted by molar-refractivity contribution is 0.591. The summed E-state index contributed by atoms with van der Waals surface area (Å²) in [5.41, 5.74) is 11.4. The molecule has 0 heterocycles. The van der Waals surface area contributed by atoms with Gasteiger partial charge in [-0.15, -0.1) is 0 Å². The minimum absolute atomic E-state index is 0.0825. The first-order valence-electron chi connectivity index (χ1n) is 15.5. The van der Waals surface area contributed by atoms with Gasteiger partial charge in [0.2, 0.25) is 0 Å². The maximum absolute atomic E-state index is 2.42. The van der Waals surface area contributed by atoms with Crippen LogP contribution >= 0.6 is 0 Å². The van der Waals surface area contributed by atoms with E-state index in [1.807, 2.05) is 0 Å². The molecule has 0 aliphatic rings. The van der Waals surface area contributed by atoms with Crippen LogP contribution < -0.4 is 0 Å². The lowest BCUT2D eigenvalue weighted by Crippen LogP contribution is -2.10. The number of benzene rings is 8. The highest BCUT2D eigenvalue weighted by Crippen LogP contribution is 2.45. The molecular formula is C44H34. The number of hydrogen-bond acceptors (Lipinski definition) is 0. The summed E-state index contributed by atoms with van der Waals surface area (Å²) in [6, 6.07) is 56.0. The molecule has 0 unspecified atom stereocenters. The highest BCUT2D eigenvalue weighted by atomic mass is 14.2. The van der Waals surface area contributed by atoms with Crippen molar-refractivity contribution in [3.8, 4) is 44.5 Å². The maximum Gasteiger partial charge on any atom is -0.00143 e. The van der Waals surface area contributed by atoms with E-state index in [2.05, 4.69) is 172 Å². The van der Waals surface area contributed by atoms with Crippen molar-refractivity contribution < 1.29 is 0 Å². The molecule has 210 valence electrons. The Morgan fingerprint density at radius 1 is 0.341 bits per heavy atom. The second-order valence-electron chi connectivity index (χ2n) is 13.0. The van der Waals surface area contributed by atoms with Crippen LogP contribution in [0.4, 0.5) is 0 Å². The van der Waals surface area contributed by atoms with Crippen molar-refractivity contribution in [2.45, 2.75) is 26.2 Å². The van der Waals surface area contributed by atoms with Gasteiger partial charge in [-0.1, -0.05) is 160 Å². The standard InChI is InChI=1S/C44H34/c1-44(2,3)37-26-35-21-23-38-40(32-19-17-31(18-20-32)29-11-6-4-7-12-29)28-41(39-24-22-36(27-37)42(35)43(38)39)34-16-10-15-33(25-34)30-13-8-5-9-14-30/h4-28H,1-3H3. The summed E-state index contributed by atoms with van der Waals surface area (Å²) >= 11 is 0. The topological polar surface area (TPSA) is 0 Å². The fourth-order valence-corrected chi connectivity index (χ4v) is 6.80. The van der Waals surface area contributed by atoms with Crippen LogP contribution in [-0.4, -0.2) is 0 Å². The van der Waals surface area contributed by atoms with Crippen LogP contribution in [0.2, 0.25) is 0 Å². The Balaban J connectivity index is 1.41. The van der Waals surface area contributed by atoms with Crippen LogP contribution in [0.3, 0.4) is 0 Å². The molecule has 0 N–H and O–H groups in total. The summed E-state index contributed by atoms with van der Waals surface area (Å²) in [7, 11) is 0. The molecule has 0 saturated heterocycles. The summed E-state index contributed by atoms with van der Waals surface area (Å²) in [5.74, 6) is 0. The van der Waals surface area contributed by atoms with E-state index in [1.54, 1.807) is 0 Å². The lowest BCUT2D eigenvalue weighted by Gasteiger charge is -2.23. The Bertz CT molecular complexity index is 2250. The third kappa shape index (κ3) is 4.46. The van der Waals surface area contributed by atoms with Gasteiger partial charge in [0.1, 0.15) is 0 Å². The van der Waals surface area contributed by atoms with E-state index in [0.717, 1.165) is 0 Å². The minimum atomic E-state index is 0.0825. The summed E-state index contributed by atoms with van der Waals surface area (Å²) in [4.78, 5) is 0. The van der Waals surface area contributed by atoms with Gasteiger partial charge in [-0.25, -0.2) is 0 Å². The van der Waals surface area contributed by atoms with E-state index >= 15 is 0 Å². The SMILES string of the molecule is CC(C)(C)c1cc2ccc3c(-c4ccc(-c5ccccc5)cc4)cc(-c4cccc(-c5ccccc5)c4)c4ccc(c1)c2c34. The van der Waals surface area contributed by atoms with E-state index in [4.69, 9.17) is 0 Å². The zero-order valence-electron chi connectivity index (χ0n) is 25.4. The third-order valence-corrected chi connectivity index (χ3v) is 9.17. The molecule has 0 saturated carbocycles. The summed E-state index contributed by atoms with van der Waals surface area (Å²) < 4.78 is 0. The second kappa shape index (κ2) is 10.2. The first-order chi connectivity index (χ1) is 21.4. The molecule has 0 bridgehead atoms. The van der Waals surface area contributed by atoms with Gasteiger partial charge in [-0.05, 0) is 99.9 Å². The number of rotatable bonds is 4. The fourth-order valence-electron chi connectivity index (χ4n) is 6.80. The Morgan fingerprint density at radius 2 is 0.818 bits per heavy atom. The van der Waals surface area contributed by atoms with E-state index < -0.39 is 0 Å². The summed E-state index contributed by atoms with van der Waals surface area (Å²) in [6.45, 7) is 6.90.